The van der Waals surface area contributed by atoms with Gasteiger partial charge in [-0.3, -0.25) is 0 Å². The Kier molecular flexibility index (Phi) is 12.9. The van der Waals surface area contributed by atoms with E-state index in [1.165, 1.54) is 13.6 Å². The number of fused-ring (bicyclic) bond motifs is 14. The average Bonchev–Trinajstić information content (AvgIpc) is 0.864. The summed E-state index contributed by atoms with van der Waals surface area (Å²) in [5.74, 6) is 0. The predicted octanol–water partition coefficient (Wildman–Crippen LogP) is 22.9. The van der Waals surface area contributed by atoms with Crippen molar-refractivity contribution in [1.29, 1.82) is 0 Å². The summed E-state index contributed by atoms with van der Waals surface area (Å²) in [4.78, 5) is 4.63. The van der Waals surface area contributed by atoms with Crippen molar-refractivity contribution in [2.75, 3.05) is 9.80 Å². The normalized spacial score (nSPS) is 14.0. The Morgan fingerprint density at radius 3 is 0.980 bits per heavy atom. The van der Waals surface area contributed by atoms with Gasteiger partial charge in [-0.2, -0.15) is 0 Å². The molecule has 4 nitrogen and oxygen atoms in total. The number of para-hydroxylation sites is 2. The van der Waals surface area contributed by atoms with E-state index in [1.807, 2.05) is 12.1 Å². The minimum atomic E-state index is -1.10. The van der Waals surface area contributed by atoms with Crippen LogP contribution in [-0.4, -0.2) is 56.7 Å². The van der Waals surface area contributed by atoms with Crippen molar-refractivity contribution in [3.05, 3.63) is 308 Å². The third-order valence-corrected chi connectivity index (χ3v) is 27.8. The first-order valence-electron chi connectivity index (χ1n) is 38.0. The van der Waals surface area contributed by atoms with Gasteiger partial charge in [-0.15, -0.1) is 0 Å². The number of nitrogens with zero attached hydrogens (tertiary/aromatic N) is 4. The van der Waals surface area contributed by atoms with Crippen molar-refractivity contribution in [1.82, 2.24) is 9.13 Å². The van der Waals surface area contributed by atoms with Gasteiger partial charge in [0.05, 0.1) is 0 Å². The first kappa shape index (κ1) is 55.9. The minimum absolute atomic E-state index is 0.0533. The van der Waals surface area contributed by atoms with Crippen LogP contribution in [0.15, 0.2) is 291 Å². The van der Waals surface area contributed by atoms with Crippen LogP contribution < -0.4 is 26.2 Å². The van der Waals surface area contributed by atoms with Crippen LogP contribution in [0.5, 0.6) is 0 Å². The van der Waals surface area contributed by atoms with E-state index in [9.17, 15) is 8.22 Å². The molecule has 17 aromatic rings. The van der Waals surface area contributed by atoms with Gasteiger partial charge in [0, 0.05) is 0 Å². The summed E-state index contributed by atoms with van der Waals surface area (Å²) >= 11 is -1.89. The van der Waals surface area contributed by atoms with Crippen LogP contribution in [0, 0.1) is 0 Å². The average molecular weight is 1530 g/mol. The molecule has 0 unspecified atom stereocenters. The topological polar surface area (TPSA) is 16.3 Å². The summed E-state index contributed by atoms with van der Waals surface area (Å²) < 4.78 is 78.3. The van der Waals surface area contributed by atoms with Gasteiger partial charge in [-0.1, -0.05) is 65.8 Å². The van der Waals surface area contributed by atoms with Crippen LogP contribution >= 0.6 is 0 Å². The number of hydrogen-bond donors (Lipinski definition) is 0. The van der Waals surface area contributed by atoms with Crippen LogP contribution in [-0.2, 0) is 16.2 Å². The van der Waals surface area contributed by atoms with Gasteiger partial charge in [0.25, 0.3) is 0 Å². The second-order valence-corrected chi connectivity index (χ2v) is 36.3. The molecule has 0 saturated carbocycles. The third kappa shape index (κ3) is 9.90. The van der Waals surface area contributed by atoms with Crippen LogP contribution in [0.25, 0.3) is 113 Å². The van der Waals surface area contributed by atoms with Gasteiger partial charge >= 0.3 is 559 Å². The van der Waals surface area contributed by atoms with E-state index >= 15 is 0 Å². The molecule has 101 heavy (non-hydrogen) atoms. The first-order valence-corrected chi connectivity index (χ1v) is 39.7. The molecular formula is C94H75BN4Te2. The molecule has 2 aliphatic rings. The summed E-state index contributed by atoms with van der Waals surface area (Å²) in [5, 5.41) is 4.32. The molecule has 0 fully saturated rings. The van der Waals surface area contributed by atoms with Gasteiger partial charge < -0.3 is 0 Å². The number of aromatic nitrogens is 2. The first-order chi connectivity index (χ1) is 51.6. The fraction of sp³-hybridized carbons (Fsp3) is 0.128. The van der Waals surface area contributed by atoms with E-state index in [2.05, 4.69) is 324 Å². The van der Waals surface area contributed by atoms with Crippen molar-refractivity contribution in [2.45, 2.75) is 78.6 Å². The molecule has 486 valence electrons. The molecule has 0 N–H and O–H groups in total. The van der Waals surface area contributed by atoms with Crippen LogP contribution in [0.2, 0.25) is 0 Å². The summed E-state index contributed by atoms with van der Waals surface area (Å²) in [6.45, 7) is 19.2. The summed E-state index contributed by atoms with van der Waals surface area (Å²) in [6, 6.07) is 90.1. The molecule has 0 radical (unpaired) electrons. The molecule has 0 spiro atoms. The quantitative estimate of drug-likeness (QED) is 0.141. The van der Waals surface area contributed by atoms with Crippen molar-refractivity contribution in [3.63, 3.8) is 0 Å². The number of anilines is 6. The van der Waals surface area contributed by atoms with E-state index in [1.54, 1.807) is 0 Å². The van der Waals surface area contributed by atoms with Crippen molar-refractivity contribution in [2.24, 2.45) is 0 Å². The Labute approximate surface area is 619 Å². The molecule has 0 aliphatic carbocycles. The van der Waals surface area contributed by atoms with E-state index in [4.69, 9.17) is 0 Å². The maximum absolute atomic E-state index is 11.8. The summed E-state index contributed by atoms with van der Waals surface area (Å²) in [7, 11) is 0. The van der Waals surface area contributed by atoms with Gasteiger partial charge in [0.1, 0.15) is 0 Å². The SMILES string of the molecule is [2H]c1c([2H])c(-n2c3ccccc3c3[te]c4ccccc4c32)c([2H])c2c1B1c3c(cc(C(C)(C)C)cc3N(c3c(-c4ccccc4)cc(C(C)(C)C)cc3-c3ccccc3)c3c([2H])c(-n4c5ccccc5c5[te]c6ccccc6c54)c([2H])c([2H])c31)N2c1c(-c2ccccc2)cc(C(C)(C)C)cc1-c1ccccc1. The molecule has 4 aromatic heterocycles. The molecule has 0 bridgehead atoms. The fourth-order valence-electron chi connectivity index (χ4n) is 15.9. The number of hydrogen-bond acceptors (Lipinski definition) is 2. The summed E-state index contributed by atoms with van der Waals surface area (Å²) in [6.07, 6.45) is 0. The van der Waals surface area contributed by atoms with Crippen LogP contribution in [0.3, 0.4) is 0 Å². The predicted molar refractivity (Wildman–Crippen MR) is 436 cm³/mol. The molecule has 7 heteroatoms. The van der Waals surface area contributed by atoms with Crippen LogP contribution in [0.4, 0.5) is 34.1 Å². The Hall–Kier alpha value is -9.82. The van der Waals surface area contributed by atoms with E-state index in [0.29, 0.717) is 33.7 Å². The zero-order chi connectivity index (χ0) is 73.6. The number of benzene rings is 13. The van der Waals surface area contributed by atoms with Gasteiger partial charge in [-0.25, -0.2) is 0 Å². The van der Waals surface area contributed by atoms with Crippen molar-refractivity contribution >= 4 is 155 Å². The molecule has 2 aliphatic heterocycles. The van der Waals surface area contributed by atoms with E-state index in [0.717, 1.165) is 133 Å². The zero-order valence-electron chi connectivity index (χ0n) is 63.9. The van der Waals surface area contributed by atoms with Gasteiger partial charge in [0.2, 0.25) is 0 Å². The Bertz CT molecular complexity index is 6070. The molecule has 13 aromatic carbocycles. The third-order valence-electron chi connectivity index (χ3n) is 21.0. The standard InChI is InChI=1S/C94H75BN4Te2/c1-92(2,3)62-50-71(58-30-14-10-15-31-58)86(72(51-62)59-32-16-11-17-33-59)98-79-56-65(96-77-42-26-22-38-67(77)90-88(96)69-40-24-28-44-83(69)100-90)46-48-75(79)95-76-49-47-66(97-78-43-27-23-39-68(78)91-89(97)70-41-25-29-45-84(70)101-91)57-80(76)99(82-55-64(94(7,8)9)54-81(98)85(82)95)87-73(60-34-18-12-19-35-60)52-63(93(4,5)6)53-74(87)61-36-20-13-21-37-61/h10-57H,1-9H3/i46D,47D,48D,49D,56D,57D. The number of rotatable bonds is 8. The molecule has 0 saturated heterocycles. The van der Waals surface area contributed by atoms with Crippen molar-refractivity contribution in [3.8, 4) is 55.9 Å². The molecule has 19 rings (SSSR count). The van der Waals surface area contributed by atoms with E-state index in [-0.39, 0.29) is 47.1 Å². The zero-order valence-corrected chi connectivity index (χ0v) is 62.6. The Balaban J connectivity index is 1.06. The van der Waals surface area contributed by atoms with Crippen LogP contribution in [0.1, 0.15) is 87.2 Å². The molecule has 0 atom stereocenters. The Morgan fingerprint density at radius 2 is 0.634 bits per heavy atom. The van der Waals surface area contributed by atoms with Gasteiger partial charge in [0.15, 0.2) is 0 Å². The van der Waals surface area contributed by atoms with Crippen molar-refractivity contribution < 1.29 is 8.22 Å². The molecule has 0 amide bonds. The maximum atomic E-state index is 11.8. The summed E-state index contributed by atoms with van der Waals surface area (Å²) in [5.41, 5.74) is 19.0. The van der Waals surface area contributed by atoms with E-state index < -0.39 is 53.0 Å². The second kappa shape index (κ2) is 23.4. The molecular weight excluding hydrogens is 1450 g/mol. The fourth-order valence-corrected chi connectivity index (χ4v) is 22.9. The Morgan fingerprint density at radius 1 is 0.327 bits per heavy atom. The second-order valence-electron chi connectivity index (χ2n) is 30.3. The van der Waals surface area contributed by atoms with Gasteiger partial charge in [-0.05, 0) is 0 Å². The molecule has 6 heterocycles. The monoisotopic (exact) mass is 1540 g/mol.